The summed E-state index contributed by atoms with van der Waals surface area (Å²) in [7, 11) is -5.06. The van der Waals surface area contributed by atoms with Gasteiger partial charge in [0.2, 0.25) is 0 Å². The highest BCUT2D eigenvalue weighted by molar-refractivity contribution is 7.87. The number of aromatic hydroxyl groups is 2. The molecule has 0 aromatic heterocycles. The van der Waals surface area contributed by atoms with Crippen LogP contribution in [-0.2, 0) is 14.9 Å². The van der Waals surface area contributed by atoms with E-state index in [2.05, 4.69) is 0 Å². The van der Waals surface area contributed by atoms with Crippen LogP contribution in [0, 0.1) is 0 Å². The number of halogens is 4. The number of phenolic OH excluding ortho intramolecular Hbond substituents is 2. The third-order valence-corrected chi connectivity index (χ3v) is 6.90. The van der Waals surface area contributed by atoms with Crippen LogP contribution in [0.4, 0.5) is 0 Å². The molecule has 0 aliphatic heterocycles. The molecule has 3 N–H and O–H groups in total. The van der Waals surface area contributed by atoms with Gasteiger partial charge >= 0.3 is 0 Å². The van der Waals surface area contributed by atoms with Gasteiger partial charge in [0.15, 0.2) is 4.75 Å². The molecule has 3 aromatic carbocycles. The molecule has 3 aromatic rings. The summed E-state index contributed by atoms with van der Waals surface area (Å²) in [6, 6.07) is 11.4. The summed E-state index contributed by atoms with van der Waals surface area (Å²) in [5.41, 5.74) is -0.398. The molecule has 29 heavy (non-hydrogen) atoms. The standard InChI is InChI=1S/C19H12Cl4O5S/c20-12-4-1-10(2-5-12)19(29(26,27)28,11-3-6-16(24)14(22)7-11)18-15(23)8-13(21)9-17(18)25/h1-9,24-25H,(H,26,27,28). The van der Waals surface area contributed by atoms with Gasteiger partial charge in [0.1, 0.15) is 11.5 Å². The number of phenols is 2. The van der Waals surface area contributed by atoms with E-state index in [1.54, 1.807) is 0 Å². The van der Waals surface area contributed by atoms with Gasteiger partial charge in [-0.1, -0.05) is 64.6 Å². The lowest BCUT2D eigenvalue weighted by atomic mass is 9.83. The molecule has 0 heterocycles. The molecule has 0 saturated carbocycles. The van der Waals surface area contributed by atoms with Gasteiger partial charge < -0.3 is 10.2 Å². The van der Waals surface area contributed by atoms with Crippen LogP contribution in [-0.4, -0.2) is 23.2 Å². The molecule has 10 heteroatoms. The topological polar surface area (TPSA) is 94.8 Å². The van der Waals surface area contributed by atoms with E-state index in [4.69, 9.17) is 46.4 Å². The lowest BCUT2D eigenvalue weighted by Gasteiger charge is -2.34. The maximum Gasteiger partial charge on any atom is 0.283 e. The van der Waals surface area contributed by atoms with E-state index in [1.165, 1.54) is 36.4 Å². The van der Waals surface area contributed by atoms with Crippen LogP contribution in [0.15, 0.2) is 54.6 Å². The molecule has 1 unspecified atom stereocenters. The van der Waals surface area contributed by atoms with E-state index in [-0.39, 0.29) is 37.5 Å². The zero-order valence-electron chi connectivity index (χ0n) is 14.3. The van der Waals surface area contributed by atoms with Gasteiger partial charge in [-0.15, -0.1) is 0 Å². The van der Waals surface area contributed by atoms with Gasteiger partial charge in [-0.2, -0.15) is 8.42 Å². The van der Waals surface area contributed by atoms with Crippen molar-refractivity contribution >= 4 is 56.5 Å². The van der Waals surface area contributed by atoms with Crippen LogP contribution in [0.3, 0.4) is 0 Å². The first-order valence-electron chi connectivity index (χ1n) is 7.89. The first-order valence-corrected chi connectivity index (χ1v) is 10.8. The average molecular weight is 494 g/mol. The molecule has 0 aliphatic rings. The summed E-state index contributed by atoms with van der Waals surface area (Å²) in [5.74, 6) is -0.874. The fourth-order valence-corrected chi connectivity index (χ4v) is 5.52. The molecule has 0 spiro atoms. The van der Waals surface area contributed by atoms with Crippen LogP contribution in [0.5, 0.6) is 11.5 Å². The Labute approximate surface area is 186 Å². The second-order valence-corrected chi connectivity index (χ2v) is 9.36. The molecule has 3 rings (SSSR count). The van der Waals surface area contributed by atoms with E-state index < -0.39 is 20.6 Å². The second kappa shape index (κ2) is 7.87. The van der Waals surface area contributed by atoms with Crippen molar-refractivity contribution in [3.63, 3.8) is 0 Å². The van der Waals surface area contributed by atoms with E-state index in [0.717, 1.165) is 18.2 Å². The molecule has 0 aliphatic carbocycles. The van der Waals surface area contributed by atoms with Crippen molar-refractivity contribution in [1.29, 1.82) is 0 Å². The van der Waals surface area contributed by atoms with Crippen LogP contribution in [0.2, 0.25) is 20.1 Å². The van der Waals surface area contributed by atoms with Crippen molar-refractivity contribution in [2.45, 2.75) is 4.75 Å². The Morgan fingerprint density at radius 1 is 0.690 bits per heavy atom. The summed E-state index contributed by atoms with van der Waals surface area (Å²) in [6.07, 6.45) is 0. The van der Waals surface area contributed by atoms with Crippen molar-refractivity contribution in [3.05, 3.63) is 91.4 Å². The van der Waals surface area contributed by atoms with E-state index in [0.29, 0.717) is 5.02 Å². The normalized spacial score (nSPS) is 13.8. The summed E-state index contributed by atoms with van der Waals surface area (Å²) in [5, 5.41) is 20.4. The fraction of sp³-hybridized carbons (Fsp3) is 0.0526. The largest absolute Gasteiger partial charge is 0.507 e. The van der Waals surface area contributed by atoms with Gasteiger partial charge in [-0.3, -0.25) is 4.55 Å². The van der Waals surface area contributed by atoms with Crippen molar-refractivity contribution in [2.24, 2.45) is 0 Å². The third-order valence-electron chi connectivity index (χ3n) is 4.38. The Kier molecular flexibility index (Phi) is 5.98. The quantitative estimate of drug-likeness (QED) is 0.311. The minimum atomic E-state index is -5.06. The Morgan fingerprint density at radius 3 is 1.79 bits per heavy atom. The molecule has 0 saturated heterocycles. The molecule has 5 nitrogen and oxygen atoms in total. The lowest BCUT2D eigenvalue weighted by molar-refractivity contribution is 0.440. The Morgan fingerprint density at radius 2 is 1.28 bits per heavy atom. The maximum absolute atomic E-state index is 12.9. The van der Waals surface area contributed by atoms with E-state index in [9.17, 15) is 23.2 Å². The summed E-state index contributed by atoms with van der Waals surface area (Å²) in [6.45, 7) is 0. The van der Waals surface area contributed by atoms with Gasteiger partial charge in [-0.05, 0) is 47.5 Å². The SMILES string of the molecule is O=S(=O)(O)C(c1ccc(Cl)cc1)(c1ccc(O)c(Cl)c1)c1c(O)cc(Cl)cc1Cl. The number of benzene rings is 3. The highest BCUT2D eigenvalue weighted by atomic mass is 35.5. The van der Waals surface area contributed by atoms with Gasteiger partial charge in [0.05, 0.1) is 10.0 Å². The summed E-state index contributed by atoms with van der Waals surface area (Å²) < 4.78 is 33.9. The Bertz CT molecular complexity index is 1170. The van der Waals surface area contributed by atoms with Gasteiger partial charge in [0.25, 0.3) is 10.1 Å². The van der Waals surface area contributed by atoms with Crippen molar-refractivity contribution in [1.82, 2.24) is 0 Å². The van der Waals surface area contributed by atoms with Crippen LogP contribution in [0.25, 0.3) is 0 Å². The monoisotopic (exact) mass is 492 g/mol. The van der Waals surface area contributed by atoms with Crippen LogP contribution < -0.4 is 0 Å². The highest BCUT2D eigenvalue weighted by Crippen LogP contribution is 2.51. The maximum atomic E-state index is 12.9. The Balaban J connectivity index is 2.58. The molecule has 0 fully saturated rings. The summed E-state index contributed by atoms with van der Waals surface area (Å²) >= 11 is 24.2. The van der Waals surface area contributed by atoms with E-state index >= 15 is 0 Å². The van der Waals surface area contributed by atoms with Crippen LogP contribution in [0.1, 0.15) is 16.7 Å². The zero-order chi connectivity index (χ0) is 21.6. The minimum absolute atomic E-state index is 0.0191. The minimum Gasteiger partial charge on any atom is -0.507 e. The predicted molar refractivity (Wildman–Crippen MR) is 114 cm³/mol. The molecule has 0 radical (unpaired) electrons. The molecular formula is C19H12Cl4O5S. The number of hydrogen-bond donors (Lipinski definition) is 3. The molecular weight excluding hydrogens is 482 g/mol. The second-order valence-electron chi connectivity index (χ2n) is 6.11. The van der Waals surface area contributed by atoms with E-state index in [1.807, 2.05) is 0 Å². The third kappa shape index (κ3) is 3.77. The van der Waals surface area contributed by atoms with Gasteiger partial charge in [-0.25, -0.2) is 0 Å². The van der Waals surface area contributed by atoms with Gasteiger partial charge in [0, 0.05) is 15.6 Å². The van der Waals surface area contributed by atoms with Crippen molar-refractivity contribution < 1.29 is 23.2 Å². The molecule has 0 amide bonds. The predicted octanol–water partition coefficient (Wildman–Crippen LogP) is 5.89. The molecule has 0 bridgehead atoms. The lowest BCUT2D eigenvalue weighted by Crippen LogP contribution is -2.38. The zero-order valence-corrected chi connectivity index (χ0v) is 18.1. The van der Waals surface area contributed by atoms with Crippen LogP contribution >= 0.6 is 46.4 Å². The summed E-state index contributed by atoms with van der Waals surface area (Å²) in [4.78, 5) is 0. The smallest absolute Gasteiger partial charge is 0.283 e. The number of hydrogen-bond acceptors (Lipinski definition) is 4. The number of rotatable bonds is 4. The van der Waals surface area contributed by atoms with Crippen molar-refractivity contribution in [3.8, 4) is 11.5 Å². The highest BCUT2D eigenvalue weighted by Gasteiger charge is 2.51. The first kappa shape index (κ1) is 22.0. The average Bonchev–Trinajstić information content (AvgIpc) is 2.60. The Hall–Kier alpha value is -1.67. The fourth-order valence-electron chi connectivity index (χ4n) is 3.20. The molecule has 152 valence electrons. The molecule has 1 atom stereocenters. The first-order chi connectivity index (χ1) is 13.5. The van der Waals surface area contributed by atoms with Crippen molar-refractivity contribution in [2.75, 3.05) is 0 Å².